The minimum atomic E-state index is -0.765. The lowest BCUT2D eigenvalue weighted by atomic mass is 10.3. The van der Waals surface area contributed by atoms with Crippen LogP contribution in [0.4, 0.5) is 5.69 Å². The molecule has 0 saturated carbocycles. The average molecular weight is 351 g/mol. The van der Waals surface area contributed by atoms with E-state index in [9.17, 15) is 5.11 Å². The van der Waals surface area contributed by atoms with Crippen LogP contribution in [0.2, 0.25) is 0 Å². The SMILES string of the molecule is COc1cc(OC)nc(CSc2ccc(NCC(O)CO)cc2)n1. The Morgan fingerprint density at radius 2 is 1.75 bits per heavy atom. The van der Waals surface area contributed by atoms with E-state index in [0.29, 0.717) is 29.9 Å². The summed E-state index contributed by atoms with van der Waals surface area (Å²) in [6.07, 6.45) is -0.765. The Kier molecular flexibility index (Phi) is 7.10. The van der Waals surface area contributed by atoms with Gasteiger partial charge < -0.3 is 25.0 Å². The Labute approximate surface area is 145 Å². The molecule has 0 aliphatic rings. The van der Waals surface area contributed by atoms with Crippen LogP contribution in [0.15, 0.2) is 35.2 Å². The molecule has 0 saturated heterocycles. The van der Waals surface area contributed by atoms with Gasteiger partial charge in [-0.3, -0.25) is 0 Å². The van der Waals surface area contributed by atoms with Crippen molar-refractivity contribution in [1.82, 2.24) is 9.97 Å². The van der Waals surface area contributed by atoms with Gasteiger partial charge in [0, 0.05) is 17.1 Å². The first-order valence-corrected chi connectivity index (χ1v) is 8.34. The first-order valence-electron chi connectivity index (χ1n) is 7.36. The number of nitrogens with one attached hydrogen (secondary N) is 1. The van der Waals surface area contributed by atoms with Crippen molar-refractivity contribution in [2.45, 2.75) is 16.8 Å². The normalized spacial score (nSPS) is 11.8. The maximum absolute atomic E-state index is 9.32. The Morgan fingerprint density at radius 3 is 2.29 bits per heavy atom. The second-order valence-electron chi connectivity index (χ2n) is 4.90. The summed E-state index contributed by atoms with van der Waals surface area (Å²) in [5.41, 5.74) is 0.881. The molecule has 1 aromatic carbocycles. The van der Waals surface area contributed by atoms with Gasteiger partial charge in [0.15, 0.2) is 0 Å². The third kappa shape index (κ3) is 5.55. The lowest BCUT2D eigenvalue weighted by Crippen LogP contribution is -2.22. The molecule has 24 heavy (non-hydrogen) atoms. The fourth-order valence-corrected chi connectivity index (χ4v) is 2.59. The van der Waals surface area contributed by atoms with Crippen LogP contribution in [0, 0.1) is 0 Å². The quantitative estimate of drug-likeness (QED) is 0.586. The van der Waals surface area contributed by atoms with Gasteiger partial charge in [0.05, 0.1) is 38.7 Å². The summed E-state index contributed by atoms with van der Waals surface area (Å²) in [6, 6.07) is 9.40. The number of benzene rings is 1. The summed E-state index contributed by atoms with van der Waals surface area (Å²) in [6.45, 7) is 0.0470. The molecule has 1 aromatic heterocycles. The van der Waals surface area contributed by atoms with Crippen LogP contribution in [-0.4, -0.2) is 53.7 Å². The Morgan fingerprint density at radius 1 is 1.12 bits per heavy atom. The van der Waals surface area contributed by atoms with Crippen LogP contribution in [0.1, 0.15) is 5.82 Å². The molecule has 2 rings (SSSR count). The topological polar surface area (TPSA) is 96.7 Å². The van der Waals surface area contributed by atoms with Gasteiger partial charge in [-0.25, -0.2) is 0 Å². The number of methoxy groups -OCH3 is 2. The lowest BCUT2D eigenvalue weighted by molar-refractivity contribution is 0.105. The fraction of sp³-hybridized carbons (Fsp3) is 0.375. The number of aliphatic hydroxyl groups excluding tert-OH is 2. The number of ether oxygens (including phenoxy) is 2. The van der Waals surface area contributed by atoms with Crippen LogP contribution in [0.25, 0.3) is 0 Å². The highest BCUT2D eigenvalue weighted by Gasteiger charge is 2.06. The Hall–Kier alpha value is -2.03. The molecular formula is C16H21N3O4S. The van der Waals surface area contributed by atoms with Crippen LogP contribution in [0.3, 0.4) is 0 Å². The van der Waals surface area contributed by atoms with Crippen molar-refractivity contribution >= 4 is 17.4 Å². The largest absolute Gasteiger partial charge is 0.481 e. The van der Waals surface area contributed by atoms with Crippen LogP contribution < -0.4 is 14.8 Å². The van der Waals surface area contributed by atoms with Crippen LogP contribution >= 0.6 is 11.8 Å². The van der Waals surface area contributed by atoms with Gasteiger partial charge in [0.2, 0.25) is 11.8 Å². The molecule has 7 nitrogen and oxygen atoms in total. The van der Waals surface area contributed by atoms with E-state index in [0.717, 1.165) is 10.6 Å². The Balaban J connectivity index is 1.92. The van der Waals surface area contributed by atoms with E-state index in [1.165, 1.54) is 0 Å². The minimum absolute atomic E-state index is 0.259. The molecule has 0 radical (unpaired) electrons. The molecule has 0 aliphatic heterocycles. The van der Waals surface area contributed by atoms with Gasteiger partial charge in [-0.1, -0.05) is 0 Å². The van der Waals surface area contributed by atoms with E-state index >= 15 is 0 Å². The molecule has 0 fully saturated rings. The van der Waals surface area contributed by atoms with Crippen molar-refractivity contribution in [1.29, 1.82) is 0 Å². The maximum Gasteiger partial charge on any atom is 0.220 e. The molecule has 1 atom stereocenters. The van der Waals surface area contributed by atoms with E-state index < -0.39 is 6.10 Å². The van der Waals surface area contributed by atoms with Gasteiger partial charge in [-0.2, -0.15) is 9.97 Å². The highest BCUT2D eigenvalue weighted by Crippen LogP contribution is 2.25. The first kappa shape index (κ1) is 18.3. The molecule has 3 N–H and O–H groups in total. The van der Waals surface area contributed by atoms with Crippen molar-refractivity contribution in [3.8, 4) is 11.8 Å². The van der Waals surface area contributed by atoms with Crippen molar-refractivity contribution in [2.24, 2.45) is 0 Å². The molecule has 0 amide bonds. The van der Waals surface area contributed by atoms with E-state index in [2.05, 4.69) is 15.3 Å². The summed E-state index contributed by atoms with van der Waals surface area (Å²) < 4.78 is 10.3. The monoisotopic (exact) mass is 351 g/mol. The zero-order valence-electron chi connectivity index (χ0n) is 13.6. The van der Waals surface area contributed by atoms with Crippen molar-refractivity contribution in [3.05, 3.63) is 36.2 Å². The summed E-state index contributed by atoms with van der Waals surface area (Å²) in [7, 11) is 3.11. The number of rotatable bonds is 9. The number of aromatic nitrogens is 2. The highest BCUT2D eigenvalue weighted by molar-refractivity contribution is 7.98. The van der Waals surface area contributed by atoms with Crippen LogP contribution in [0.5, 0.6) is 11.8 Å². The molecule has 130 valence electrons. The third-order valence-electron chi connectivity index (χ3n) is 3.12. The smallest absolute Gasteiger partial charge is 0.220 e. The zero-order valence-corrected chi connectivity index (χ0v) is 14.4. The number of anilines is 1. The molecule has 0 aliphatic carbocycles. The minimum Gasteiger partial charge on any atom is -0.481 e. The van der Waals surface area contributed by atoms with Gasteiger partial charge in [-0.15, -0.1) is 11.8 Å². The maximum atomic E-state index is 9.32. The van der Waals surface area contributed by atoms with E-state index in [1.54, 1.807) is 32.0 Å². The predicted molar refractivity (Wildman–Crippen MR) is 92.7 cm³/mol. The first-order chi connectivity index (χ1) is 11.6. The van der Waals surface area contributed by atoms with Gasteiger partial charge in [0.25, 0.3) is 0 Å². The summed E-state index contributed by atoms with van der Waals surface area (Å²) >= 11 is 1.60. The summed E-state index contributed by atoms with van der Waals surface area (Å²) in [4.78, 5) is 9.65. The summed E-state index contributed by atoms with van der Waals surface area (Å²) in [5.74, 6) is 2.16. The summed E-state index contributed by atoms with van der Waals surface area (Å²) in [5, 5.41) is 21.2. The van der Waals surface area contributed by atoms with Gasteiger partial charge in [-0.05, 0) is 24.3 Å². The Bertz CT molecular complexity index is 617. The van der Waals surface area contributed by atoms with Crippen molar-refractivity contribution in [2.75, 3.05) is 32.7 Å². The average Bonchev–Trinajstić information content (AvgIpc) is 2.64. The molecule has 1 unspecified atom stereocenters. The van der Waals surface area contributed by atoms with E-state index in [-0.39, 0.29) is 6.61 Å². The van der Waals surface area contributed by atoms with Gasteiger partial charge in [0.1, 0.15) is 5.82 Å². The second kappa shape index (κ2) is 9.31. The predicted octanol–water partition coefficient (Wildman–Crippen LogP) is 1.55. The van der Waals surface area contributed by atoms with Gasteiger partial charge >= 0.3 is 0 Å². The standard InChI is InChI=1S/C16H21N3O4S/c1-22-15-7-16(23-2)19-14(18-15)10-24-13-5-3-11(4-6-13)17-8-12(21)9-20/h3-7,12,17,20-21H,8-10H2,1-2H3. The number of hydrogen-bond acceptors (Lipinski definition) is 8. The van der Waals surface area contributed by atoms with E-state index in [1.807, 2.05) is 24.3 Å². The number of nitrogens with zero attached hydrogens (tertiary/aromatic N) is 2. The fourth-order valence-electron chi connectivity index (χ4n) is 1.84. The molecule has 2 aromatic rings. The number of hydrogen-bond donors (Lipinski definition) is 3. The lowest BCUT2D eigenvalue weighted by Gasteiger charge is -2.10. The highest BCUT2D eigenvalue weighted by atomic mass is 32.2. The molecule has 0 spiro atoms. The molecule has 8 heteroatoms. The zero-order chi connectivity index (χ0) is 17.4. The molecule has 0 bridgehead atoms. The molecule has 1 heterocycles. The second-order valence-corrected chi connectivity index (χ2v) is 5.95. The van der Waals surface area contributed by atoms with Crippen molar-refractivity contribution < 1.29 is 19.7 Å². The number of aliphatic hydroxyl groups is 2. The van der Waals surface area contributed by atoms with Crippen LogP contribution in [-0.2, 0) is 5.75 Å². The number of thioether (sulfide) groups is 1. The molecular weight excluding hydrogens is 330 g/mol. The third-order valence-corrected chi connectivity index (χ3v) is 4.13. The van der Waals surface area contributed by atoms with Crippen molar-refractivity contribution in [3.63, 3.8) is 0 Å². The van der Waals surface area contributed by atoms with E-state index in [4.69, 9.17) is 14.6 Å².